The van der Waals surface area contributed by atoms with Crippen LogP contribution in [0.5, 0.6) is 0 Å². The predicted molar refractivity (Wildman–Crippen MR) is 131 cm³/mol. The predicted octanol–water partition coefficient (Wildman–Crippen LogP) is 5.75. The third-order valence-corrected chi connectivity index (χ3v) is 7.20. The van der Waals surface area contributed by atoms with Crippen molar-refractivity contribution in [2.24, 2.45) is 0 Å². The summed E-state index contributed by atoms with van der Waals surface area (Å²) in [6.07, 6.45) is 2.10. The maximum absolute atomic E-state index is 12.5. The zero-order valence-corrected chi connectivity index (χ0v) is 20.8. The van der Waals surface area contributed by atoms with Crippen LogP contribution in [0.2, 0.25) is 0 Å². The number of hydrogen-bond acceptors (Lipinski definition) is 2. The highest BCUT2D eigenvalue weighted by molar-refractivity contribution is 5.95. The molecule has 3 rings (SSSR count). The molecule has 2 amide bonds. The maximum atomic E-state index is 12.5. The fourth-order valence-electron chi connectivity index (χ4n) is 3.87. The van der Waals surface area contributed by atoms with E-state index < -0.39 is 0 Å². The van der Waals surface area contributed by atoms with Crippen molar-refractivity contribution >= 4 is 11.8 Å². The fraction of sp³-hybridized carbons (Fsp3) is 0.500. The van der Waals surface area contributed by atoms with Crippen LogP contribution in [-0.4, -0.2) is 22.9 Å². The van der Waals surface area contributed by atoms with Crippen LogP contribution in [0.25, 0.3) is 0 Å². The molecule has 4 heteroatoms. The molecular formula is C28H38N2O2. The van der Waals surface area contributed by atoms with Crippen LogP contribution in [0.1, 0.15) is 100 Å². The third kappa shape index (κ3) is 5.06. The minimum Gasteiger partial charge on any atom is -0.347 e. The Morgan fingerprint density at radius 3 is 1.41 bits per heavy atom. The van der Waals surface area contributed by atoms with Crippen LogP contribution < -0.4 is 10.6 Å². The molecule has 0 atom stereocenters. The lowest BCUT2D eigenvalue weighted by atomic mass is 9.61. The summed E-state index contributed by atoms with van der Waals surface area (Å²) < 4.78 is 0. The van der Waals surface area contributed by atoms with Gasteiger partial charge in [0.2, 0.25) is 0 Å². The van der Waals surface area contributed by atoms with Gasteiger partial charge in [0.15, 0.2) is 0 Å². The van der Waals surface area contributed by atoms with Crippen LogP contribution in [0.4, 0.5) is 0 Å². The van der Waals surface area contributed by atoms with Crippen molar-refractivity contribution in [3.8, 4) is 0 Å². The Labute approximate surface area is 193 Å². The first-order chi connectivity index (χ1) is 14.6. The van der Waals surface area contributed by atoms with E-state index >= 15 is 0 Å². The van der Waals surface area contributed by atoms with Gasteiger partial charge in [0, 0.05) is 22.2 Å². The second-order valence-corrected chi connectivity index (χ2v) is 11.6. The molecule has 2 aromatic rings. The summed E-state index contributed by atoms with van der Waals surface area (Å²) in [7, 11) is 0. The summed E-state index contributed by atoms with van der Waals surface area (Å²) >= 11 is 0. The summed E-state index contributed by atoms with van der Waals surface area (Å²) in [5, 5.41) is 6.13. The summed E-state index contributed by atoms with van der Waals surface area (Å²) in [4.78, 5) is 25.0. The van der Waals surface area contributed by atoms with Crippen molar-refractivity contribution < 1.29 is 9.59 Å². The van der Waals surface area contributed by atoms with Crippen LogP contribution in [0.3, 0.4) is 0 Å². The maximum Gasteiger partial charge on any atom is 0.251 e. The van der Waals surface area contributed by atoms with E-state index in [4.69, 9.17) is 0 Å². The Hall–Kier alpha value is -2.62. The van der Waals surface area contributed by atoms with Gasteiger partial charge in [-0.1, -0.05) is 52.0 Å². The molecule has 2 aromatic carbocycles. The largest absolute Gasteiger partial charge is 0.347 e. The third-order valence-electron chi connectivity index (χ3n) is 7.20. The Morgan fingerprint density at radius 1 is 0.688 bits per heavy atom. The zero-order chi connectivity index (χ0) is 23.9. The molecule has 0 radical (unpaired) electrons. The van der Waals surface area contributed by atoms with Gasteiger partial charge >= 0.3 is 0 Å². The van der Waals surface area contributed by atoms with Crippen molar-refractivity contribution in [1.29, 1.82) is 0 Å². The second-order valence-electron chi connectivity index (χ2n) is 11.6. The summed E-state index contributed by atoms with van der Waals surface area (Å²) in [5.74, 6) is -0.0622. The van der Waals surface area contributed by atoms with Crippen molar-refractivity contribution in [1.82, 2.24) is 10.6 Å². The normalized spacial score (nSPS) is 15.8. The van der Waals surface area contributed by atoms with Gasteiger partial charge < -0.3 is 10.6 Å². The van der Waals surface area contributed by atoms with Crippen molar-refractivity contribution in [2.45, 2.75) is 90.1 Å². The van der Waals surface area contributed by atoms with Crippen molar-refractivity contribution in [3.05, 3.63) is 70.8 Å². The van der Waals surface area contributed by atoms with Crippen molar-refractivity contribution in [2.75, 3.05) is 0 Å². The van der Waals surface area contributed by atoms with E-state index in [-0.39, 0.29) is 33.7 Å². The smallest absolute Gasteiger partial charge is 0.251 e. The number of benzene rings is 2. The monoisotopic (exact) mass is 434 g/mol. The Balaban J connectivity index is 1.79. The molecule has 1 fully saturated rings. The number of carbonyl (C=O) groups excluding carboxylic acids is 2. The highest BCUT2D eigenvalue weighted by Crippen LogP contribution is 2.44. The molecule has 0 unspecified atom stereocenters. The van der Waals surface area contributed by atoms with Gasteiger partial charge in [0.1, 0.15) is 0 Å². The number of amides is 2. The highest BCUT2D eigenvalue weighted by atomic mass is 16.2. The molecule has 2 N–H and O–H groups in total. The fourth-order valence-corrected chi connectivity index (χ4v) is 3.87. The molecule has 0 spiro atoms. The molecule has 172 valence electrons. The summed E-state index contributed by atoms with van der Waals surface area (Å²) in [5.41, 5.74) is 3.02. The molecule has 32 heavy (non-hydrogen) atoms. The van der Waals surface area contributed by atoms with Gasteiger partial charge in [-0.25, -0.2) is 0 Å². The molecule has 0 heterocycles. The highest BCUT2D eigenvalue weighted by Gasteiger charge is 2.41. The minimum atomic E-state index is -0.267. The molecule has 4 nitrogen and oxygen atoms in total. The lowest BCUT2D eigenvalue weighted by Crippen LogP contribution is -2.41. The second kappa shape index (κ2) is 8.06. The van der Waals surface area contributed by atoms with Gasteiger partial charge in [-0.2, -0.15) is 0 Å². The lowest BCUT2D eigenvalue weighted by Gasteiger charge is -2.43. The van der Waals surface area contributed by atoms with E-state index in [1.165, 1.54) is 11.1 Å². The first-order valence-electron chi connectivity index (χ1n) is 11.5. The quantitative estimate of drug-likeness (QED) is 0.608. The standard InChI is InChI=1S/C28H38N2O2/c1-25(2,3)29-23(31)19-9-13-21(14-10-19)26(4,5)27(6,7)22-15-11-20(12-16-22)24(32)30-28(8)17-18-28/h9-16H,17-18H2,1-8H3,(H,29,31)(H,30,32). The topological polar surface area (TPSA) is 58.2 Å². The van der Waals surface area contributed by atoms with Crippen molar-refractivity contribution in [3.63, 3.8) is 0 Å². The summed E-state index contributed by atoms with van der Waals surface area (Å²) in [6.45, 7) is 16.9. The Bertz CT molecular complexity index is 916. The van der Waals surface area contributed by atoms with E-state index in [1.54, 1.807) is 0 Å². The molecule has 0 bridgehead atoms. The molecule has 0 aliphatic heterocycles. The summed E-state index contributed by atoms with van der Waals surface area (Å²) in [6, 6.07) is 15.9. The Morgan fingerprint density at radius 2 is 1.06 bits per heavy atom. The van der Waals surface area contributed by atoms with E-state index in [9.17, 15) is 9.59 Å². The molecule has 1 aliphatic rings. The van der Waals surface area contributed by atoms with Gasteiger partial charge in [-0.05, 0) is 86.8 Å². The molecule has 1 aliphatic carbocycles. The number of hydrogen-bond donors (Lipinski definition) is 2. The average Bonchev–Trinajstić information content (AvgIpc) is 3.43. The number of carbonyl (C=O) groups is 2. The van der Waals surface area contributed by atoms with Gasteiger partial charge in [0.25, 0.3) is 11.8 Å². The SMILES string of the molecule is CC(C)(C)NC(=O)c1ccc(C(C)(C)C(C)(C)c2ccc(C(=O)NC3(C)CC3)cc2)cc1. The lowest BCUT2D eigenvalue weighted by molar-refractivity contribution is 0.0915. The van der Waals surface area contributed by atoms with Crippen LogP contribution >= 0.6 is 0 Å². The average molecular weight is 435 g/mol. The number of rotatable bonds is 6. The van der Waals surface area contributed by atoms with Gasteiger partial charge in [0.05, 0.1) is 0 Å². The zero-order valence-electron chi connectivity index (χ0n) is 20.8. The molecule has 1 saturated carbocycles. The van der Waals surface area contributed by atoms with Gasteiger partial charge in [-0.15, -0.1) is 0 Å². The van der Waals surface area contributed by atoms with Gasteiger partial charge in [-0.3, -0.25) is 9.59 Å². The minimum absolute atomic E-state index is 0.00209. The van der Waals surface area contributed by atoms with E-state index in [0.29, 0.717) is 11.1 Å². The number of nitrogens with one attached hydrogen (secondary N) is 2. The van der Waals surface area contributed by atoms with Crippen LogP contribution in [-0.2, 0) is 10.8 Å². The molecule has 0 saturated heterocycles. The first kappa shape index (κ1) is 24.0. The Kier molecular flexibility index (Phi) is 6.05. The van der Waals surface area contributed by atoms with E-state index in [1.807, 2.05) is 45.0 Å². The van der Waals surface area contributed by atoms with Crippen LogP contribution in [0, 0.1) is 0 Å². The van der Waals surface area contributed by atoms with E-state index in [2.05, 4.69) is 69.5 Å². The molecular weight excluding hydrogens is 396 g/mol. The van der Waals surface area contributed by atoms with Crippen LogP contribution in [0.15, 0.2) is 48.5 Å². The van der Waals surface area contributed by atoms with E-state index in [0.717, 1.165) is 12.8 Å². The molecule has 0 aromatic heterocycles. The first-order valence-corrected chi connectivity index (χ1v) is 11.5.